The van der Waals surface area contributed by atoms with Crippen LogP contribution in [0.25, 0.3) is 0 Å². The van der Waals surface area contributed by atoms with Crippen molar-refractivity contribution in [3.63, 3.8) is 0 Å². The number of hydrogen-bond acceptors (Lipinski definition) is 6. The fraction of sp³-hybridized carbons (Fsp3) is 0.222. The molecule has 27 heavy (non-hydrogen) atoms. The second-order valence-electron chi connectivity index (χ2n) is 6.09. The van der Waals surface area contributed by atoms with Gasteiger partial charge in [0.1, 0.15) is 4.90 Å². The Bertz CT molecular complexity index is 1030. The van der Waals surface area contributed by atoms with Gasteiger partial charge in [0.2, 0.25) is 12.7 Å². The number of benzene rings is 2. The molecule has 2 aromatic rings. The highest BCUT2D eigenvalue weighted by molar-refractivity contribution is 7.90. The van der Waals surface area contributed by atoms with E-state index in [-0.39, 0.29) is 42.7 Å². The Balaban J connectivity index is 1.35. The summed E-state index contributed by atoms with van der Waals surface area (Å²) in [5, 5.41) is 2.71. The molecule has 4 rings (SSSR count). The molecular formula is C18H16N2O6S. The SMILES string of the molecule is O=C(CCN1C(=O)c2ccccc2S1(=O)=O)NCc1ccc2c(c1)OCO2. The van der Waals surface area contributed by atoms with Crippen LogP contribution in [-0.4, -0.2) is 37.9 Å². The van der Waals surface area contributed by atoms with Crippen molar-refractivity contribution in [3.8, 4) is 11.5 Å². The largest absolute Gasteiger partial charge is 0.454 e. The number of nitrogens with zero attached hydrogens (tertiary/aromatic N) is 1. The van der Waals surface area contributed by atoms with Gasteiger partial charge in [-0.25, -0.2) is 12.7 Å². The van der Waals surface area contributed by atoms with Crippen LogP contribution in [0.2, 0.25) is 0 Å². The predicted molar refractivity (Wildman–Crippen MR) is 93.7 cm³/mol. The van der Waals surface area contributed by atoms with E-state index in [2.05, 4.69) is 5.32 Å². The summed E-state index contributed by atoms with van der Waals surface area (Å²) in [4.78, 5) is 24.4. The maximum atomic E-state index is 12.4. The van der Waals surface area contributed by atoms with Crippen molar-refractivity contribution in [1.82, 2.24) is 9.62 Å². The van der Waals surface area contributed by atoms with Crippen LogP contribution < -0.4 is 14.8 Å². The minimum atomic E-state index is -3.89. The summed E-state index contributed by atoms with van der Waals surface area (Å²) >= 11 is 0. The molecule has 0 bridgehead atoms. The van der Waals surface area contributed by atoms with Gasteiger partial charge < -0.3 is 14.8 Å². The molecule has 0 fully saturated rings. The summed E-state index contributed by atoms with van der Waals surface area (Å²) in [6, 6.07) is 11.4. The lowest BCUT2D eigenvalue weighted by molar-refractivity contribution is -0.121. The van der Waals surface area contributed by atoms with Gasteiger partial charge in [-0.05, 0) is 29.8 Å². The number of rotatable bonds is 5. The molecule has 0 atom stereocenters. The Hall–Kier alpha value is -3.07. The summed E-state index contributed by atoms with van der Waals surface area (Å²) in [5.74, 6) is 0.316. The second-order valence-corrected chi connectivity index (χ2v) is 7.92. The van der Waals surface area contributed by atoms with Gasteiger partial charge in [0.15, 0.2) is 11.5 Å². The molecule has 0 saturated carbocycles. The van der Waals surface area contributed by atoms with Crippen LogP contribution in [0, 0.1) is 0 Å². The molecular weight excluding hydrogens is 372 g/mol. The van der Waals surface area contributed by atoms with Crippen LogP contribution in [0.5, 0.6) is 11.5 Å². The first-order valence-electron chi connectivity index (χ1n) is 8.28. The molecule has 1 N–H and O–H groups in total. The van der Waals surface area contributed by atoms with E-state index in [1.54, 1.807) is 30.3 Å². The maximum absolute atomic E-state index is 12.4. The number of nitrogens with one attached hydrogen (secondary N) is 1. The first kappa shape index (κ1) is 17.3. The number of ether oxygens (including phenoxy) is 2. The Morgan fingerprint density at radius 1 is 1.11 bits per heavy atom. The standard InChI is InChI=1S/C18H16N2O6S/c21-17(19-10-12-5-6-14-15(9-12)26-11-25-14)7-8-20-18(22)13-3-1-2-4-16(13)27(20,23)24/h1-6,9H,7-8,10-11H2,(H,19,21). The Labute approximate surface area is 155 Å². The Morgan fingerprint density at radius 2 is 1.89 bits per heavy atom. The molecule has 0 unspecified atom stereocenters. The lowest BCUT2D eigenvalue weighted by atomic mass is 10.2. The minimum absolute atomic E-state index is 0.0178. The van der Waals surface area contributed by atoms with E-state index in [1.807, 2.05) is 0 Å². The van der Waals surface area contributed by atoms with Gasteiger partial charge in [-0.3, -0.25) is 9.59 Å². The summed E-state index contributed by atoms with van der Waals surface area (Å²) in [5.41, 5.74) is 0.961. The zero-order valence-electron chi connectivity index (χ0n) is 14.2. The highest BCUT2D eigenvalue weighted by atomic mass is 32.2. The number of fused-ring (bicyclic) bond motifs is 2. The van der Waals surface area contributed by atoms with Crippen LogP contribution >= 0.6 is 0 Å². The van der Waals surface area contributed by atoms with Crippen LogP contribution in [0.3, 0.4) is 0 Å². The van der Waals surface area contributed by atoms with Gasteiger partial charge in [-0.2, -0.15) is 0 Å². The first-order chi connectivity index (χ1) is 13.0. The molecule has 8 nitrogen and oxygen atoms in total. The number of amides is 2. The van der Waals surface area contributed by atoms with Crippen molar-refractivity contribution < 1.29 is 27.5 Å². The summed E-state index contributed by atoms with van der Waals surface area (Å²) in [6.45, 7) is 0.227. The van der Waals surface area contributed by atoms with Crippen molar-refractivity contribution in [2.45, 2.75) is 17.9 Å². The van der Waals surface area contributed by atoms with Crippen molar-refractivity contribution in [1.29, 1.82) is 0 Å². The first-order valence-corrected chi connectivity index (χ1v) is 9.72. The van der Waals surface area contributed by atoms with Gasteiger partial charge in [-0.1, -0.05) is 18.2 Å². The summed E-state index contributed by atoms with van der Waals surface area (Å²) < 4.78 is 36.1. The monoisotopic (exact) mass is 388 g/mol. The zero-order chi connectivity index (χ0) is 19.0. The fourth-order valence-corrected chi connectivity index (χ4v) is 4.56. The average Bonchev–Trinajstić information content (AvgIpc) is 3.20. The molecule has 2 aliphatic heterocycles. The third-order valence-corrected chi connectivity index (χ3v) is 6.22. The van der Waals surface area contributed by atoms with Gasteiger partial charge in [0.25, 0.3) is 15.9 Å². The third-order valence-electron chi connectivity index (χ3n) is 4.38. The van der Waals surface area contributed by atoms with Gasteiger partial charge >= 0.3 is 0 Å². The molecule has 2 heterocycles. The lowest BCUT2D eigenvalue weighted by Crippen LogP contribution is -2.34. The third kappa shape index (κ3) is 3.10. The molecule has 140 valence electrons. The quantitative estimate of drug-likeness (QED) is 0.828. The number of sulfonamides is 1. The van der Waals surface area contributed by atoms with E-state index >= 15 is 0 Å². The van der Waals surface area contributed by atoms with E-state index in [4.69, 9.17) is 9.47 Å². The summed E-state index contributed by atoms with van der Waals surface area (Å²) in [7, 11) is -3.89. The van der Waals surface area contributed by atoms with Crippen LogP contribution in [-0.2, 0) is 21.4 Å². The fourth-order valence-electron chi connectivity index (χ4n) is 3.00. The van der Waals surface area contributed by atoms with Crippen molar-refractivity contribution in [3.05, 3.63) is 53.6 Å². The van der Waals surface area contributed by atoms with Crippen molar-refractivity contribution in [2.24, 2.45) is 0 Å². The normalized spacial score (nSPS) is 16.3. The smallest absolute Gasteiger partial charge is 0.269 e. The van der Waals surface area contributed by atoms with E-state index in [0.29, 0.717) is 11.5 Å². The highest BCUT2D eigenvalue weighted by Gasteiger charge is 2.40. The van der Waals surface area contributed by atoms with E-state index < -0.39 is 15.9 Å². The molecule has 0 aromatic heterocycles. The topological polar surface area (TPSA) is 102 Å². The molecule has 2 aromatic carbocycles. The minimum Gasteiger partial charge on any atom is -0.454 e. The van der Waals surface area contributed by atoms with E-state index in [9.17, 15) is 18.0 Å². The van der Waals surface area contributed by atoms with Crippen LogP contribution in [0.15, 0.2) is 47.4 Å². The van der Waals surface area contributed by atoms with Crippen molar-refractivity contribution >= 4 is 21.8 Å². The Morgan fingerprint density at radius 3 is 2.70 bits per heavy atom. The van der Waals surface area contributed by atoms with Gasteiger partial charge in [0, 0.05) is 19.5 Å². The molecule has 0 aliphatic carbocycles. The highest BCUT2D eigenvalue weighted by Crippen LogP contribution is 2.32. The van der Waals surface area contributed by atoms with Crippen molar-refractivity contribution in [2.75, 3.05) is 13.3 Å². The number of hydrogen-bond donors (Lipinski definition) is 1. The zero-order valence-corrected chi connectivity index (χ0v) is 15.0. The van der Waals surface area contributed by atoms with Crippen LogP contribution in [0.4, 0.5) is 0 Å². The molecule has 2 amide bonds. The number of carbonyl (C=O) groups is 2. The molecule has 0 spiro atoms. The average molecular weight is 388 g/mol. The number of carbonyl (C=O) groups excluding carboxylic acids is 2. The van der Waals surface area contributed by atoms with Gasteiger partial charge in [-0.15, -0.1) is 0 Å². The predicted octanol–water partition coefficient (Wildman–Crippen LogP) is 1.27. The summed E-state index contributed by atoms with van der Waals surface area (Å²) in [6.07, 6.45) is -0.122. The molecule has 0 saturated heterocycles. The molecule has 9 heteroatoms. The second kappa shape index (κ2) is 6.58. The molecule has 2 aliphatic rings. The van der Waals surface area contributed by atoms with E-state index in [1.165, 1.54) is 12.1 Å². The maximum Gasteiger partial charge on any atom is 0.269 e. The lowest BCUT2D eigenvalue weighted by Gasteiger charge is -2.14. The Kier molecular flexibility index (Phi) is 4.23. The van der Waals surface area contributed by atoms with E-state index in [0.717, 1.165) is 9.87 Å². The van der Waals surface area contributed by atoms with Gasteiger partial charge in [0.05, 0.1) is 5.56 Å². The van der Waals surface area contributed by atoms with Crippen LogP contribution in [0.1, 0.15) is 22.3 Å². The molecule has 0 radical (unpaired) electrons.